The molecule has 0 aliphatic heterocycles. The Balaban J connectivity index is 2.37. The summed E-state index contributed by atoms with van der Waals surface area (Å²) in [5, 5.41) is 0. The lowest BCUT2D eigenvalue weighted by molar-refractivity contribution is 0.577. The zero-order valence-electron chi connectivity index (χ0n) is 7.09. The summed E-state index contributed by atoms with van der Waals surface area (Å²) < 4.78 is 0. The van der Waals surface area contributed by atoms with Gasteiger partial charge >= 0.3 is 0 Å². The molecule has 0 amide bonds. The van der Waals surface area contributed by atoms with Crippen LogP contribution in [0.5, 0.6) is 0 Å². The highest BCUT2D eigenvalue weighted by Crippen LogP contribution is 2.18. The van der Waals surface area contributed by atoms with Crippen LogP contribution in [0.15, 0.2) is 18.2 Å². The number of nitrogens with two attached hydrogens (primary N) is 1. The molecule has 1 unspecified atom stereocenters. The van der Waals surface area contributed by atoms with Crippen LogP contribution >= 0.6 is 0 Å². The summed E-state index contributed by atoms with van der Waals surface area (Å²) in [4.78, 5) is 0. The number of fused-ring (bicyclic) bond motifs is 1. The van der Waals surface area contributed by atoms with Crippen molar-refractivity contribution in [2.45, 2.75) is 25.3 Å². The average Bonchev–Trinajstić information content (AvgIpc) is 2.05. The van der Waals surface area contributed by atoms with Crippen LogP contribution in [0.4, 0.5) is 0 Å². The van der Waals surface area contributed by atoms with E-state index in [0.29, 0.717) is 6.04 Å². The van der Waals surface area contributed by atoms with E-state index in [0.717, 1.165) is 24.7 Å². The molecule has 1 nitrogen and oxygen atoms in total. The Labute approximate surface area is 74.4 Å². The minimum absolute atomic E-state index is 0.348. The van der Waals surface area contributed by atoms with Gasteiger partial charge in [-0.05, 0) is 30.4 Å². The molecule has 1 aromatic carbocycles. The molecule has 0 fully saturated rings. The van der Waals surface area contributed by atoms with Crippen molar-refractivity contribution in [2.24, 2.45) is 5.73 Å². The second-order valence-electron chi connectivity index (χ2n) is 3.53. The van der Waals surface area contributed by atoms with Crippen molar-refractivity contribution in [3.05, 3.63) is 29.3 Å². The van der Waals surface area contributed by atoms with E-state index in [4.69, 9.17) is 13.6 Å². The molecule has 1 aromatic rings. The Hall–Kier alpha value is -0.755. The lowest BCUT2D eigenvalue weighted by Crippen LogP contribution is -2.28. The SMILES string of the molecule is [B]c1ccc2c(c1)CCC(N)C2. The van der Waals surface area contributed by atoms with Crippen molar-refractivity contribution >= 4 is 13.3 Å². The molecular formula is C10H12BN. The van der Waals surface area contributed by atoms with Gasteiger partial charge in [0.25, 0.3) is 0 Å². The average molecular weight is 157 g/mol. The van der Waals surface area contributed by atoms with E-state index in [2.05, 4.69) is 12.1 Å². The predicted octanol–water partition coefficient (Wildman–Crippen LogP) is 0.296. The normalized spacial score (nSPS) is 21.9. The number of benzene rings is 1. The highest BCUT2D eigenvalue weighted by Gasteiger charge is 2.14. The molecule has 0 saturated heterocycles. The van der Waals surface area contributed by atoms with Crippen LogP contribution in [0.2, 0.25) is 0 Å². The third kappa shape index (κ3) is 1.39. The molecule has 2 rings (SSSR count). The maximum absolute atomic E-state index is 5.86. The molecule has 2 radical (unpaired) electrons. The van der Waals surface area contributed by atoms with Crippen molar-refractivity contribution in [3.63, 3.8) is 0 Å². The third-order valence-electron chi connectivity index (χ3n) is 2.50. The molecule has 0 spiro atoms. The predicted molar refractivity (Wildman–Crippen MR) is 51.8 cm³/mol. The molecule has 12 heavy (non-hydrogen) atoms. The Morgan fingerprint density at radius 2 is 2.17 bits per heavy atom. The Bertz CT molecular complexity index is 296. The van der Waals surface area contributed by atoms with Crippen molar-refractivity contribution in [1.82, 2.24) is 0 Å². The summed E-state index contributed by atoms with van der Waals surface area (Å²) >= 11 is 0. The number of aryl methyl sites for hydroxylation is 1. The van der Waals surface area contributed by atoms with Gasteiger partial charge in [-0.2, -0.15) is 0 Å². The minimum Gasteiger partial charge on any atom is -0.327 e. The molecular weight excluding hydrogens is 145 g/mol. The van der Waals surface area contributed by atoms with Gasteiger partial charge in [0.05, 0.1) is 0 Å². The van der Waals surface area contributed by atoms with Crippen LogP contribution in [0.25, 0.3) is 0 Å². The first kappa shape index (κ1) is 7.87. The van der Waals surface area contributed by atoms with Crippen LogP contribution in [-0.2, 0) is 12.8 Å². The highest BCUT2D eigenvalue weighted by atomic mass is 14.6. The van der Waals surface area contributed by atoms with Crippen LogP contribution in [0, 0.1) is 0 Å². The second kappa shape index (κ2) is 2.94. The molecule has 2 N–H and O–H groups in total. The number of hydrogen-bond acceptors (Lipinski definition) is 1. The first-order valence-electron chi connectivity index (χ1n) is 4.38. The van der Waals surface area contributed by atoms with Crippen LogP contribution in [-0.4, -0.2) is 13.9 Å². The minimum atomic E-state index is 0.348. The molecule has 1 atom stereocenters. The van der Waals surface area contributed by atoms with E-state index in [1.807, 2.05) is 6.07 Å². The molecule has 1 aliphatic rings. The highest BCUT2D eigenvalue weighted by molar-refractivity contribution is 6.32. The van der Waals surface area contributed by atoms with Crippen molar-refractivity contribution in [3.8, 4) is 0 Å². The summed E-state index contributed by atoms with van der Waals surface area (Å²) in [7, 11) is 5.69. The van der Waals surface area contributed by atoms with Gasteiger partial charge in [0.2, 0.25) is 0 Å². The van der Waals surface area contributed by atoms with Gasteiger partial charge in [0.15, 0.2) is 0 Å². The second-order valence-corrected chi connectivity index (χ2v) is 3.53. The topological polar surface area (TPSA) is 26.0 Å². The Morgan fingerprint density at radius 3 is 3.00 bits per heavy atom. The quantitative estimate of drug-likeness (QED) is 0.538. The summed E-state index contributed by atoms with van der Waals surface area (Å²) in [5.74, 6) is 0. The molecule has 0 heterocycles. The number of hydrogen-bond donors (Lipinski definition) is 1. The summed E-state index contributed by atoms with van der Waals surface area (Å²) in [6.45, 7) is 0. The molecule has 2 heteroatoms. The standard InChI is InChI=1S/C10H12BN/c11-9-3-1-8-6-10(12)4-2-7(8)5-9/h1,3,5,10H,2,4,6,12H2. The zero-order valence-corrected chi connectivity index (χ0v) is 7.09. The van der Waals surface area contributed by atoms with E-state index in [9.17, 15) is 0 Å². The van der Waals surface area contributed by atoms with Gasteiger partial charge < -0.3 is 5.73 Å². The first-order chi connectivity index (χ1) is 5.75. The van der Waals surface area contributed by atoms with Gasteiger partial charge in [0.1, 0.15) is 7.85 Å². The van der Waals surface area contributed by atoms with E-state index in [1.54, 1.807) is 0 Å². The molecule has 0 saturated carbocycles. The van der Waals surface area contributed by atoms with E-state index in [1.165, 1.54) is 11.1 Å². The molecule has 60 valence electrons. The molecule has 0 bridgehead atoms. The van der Waals surface area contributed by atoms with Gasteiger partial charge in [-0.15, -0.1) is 0 Å². The van der Waals surface area contributed by atoms with Crippen LogP contribution in [0.1, 0.15) is 17.5 Å². The number of rotatable bonds is 0. The fraction of sp³-hybridized carbons (Fsp3) is 0.400. The third-order valence-corrected chi connectivity index (χ3v) is 2.50. The maximum Gasteiger partial charge on any atom is 0.113 e. The van der Waals surface area contributed by atoms with E-state index < -0.39 is 0 Å². The first-order valence-corrected chi connectivity index (χ1v) is 4.38. The Kier molecular flexibility index (Phi) is 1.93. The fourth-order valence-electron chi connectivity index (χ4n) is 1.80. The van der Waals surface area contributed by atoms with Crippen molar-refractivity contribution in [1.29, 1.82) is 0 Å². The van der Waals surface area contributed by atoms with Crippen molar-refractivity contribution < 1.29 is 0 Å². The fourth-order valence-corrected chi connectivity index (χ4v) is 1.80. The lowest BCUT2D eigenvalue weighted by atomic mass is 9.84. The molecule has 1 aliphatic carbocycles. The summed E-state index contributed by atoms with van der Waals surface area (Å²) in [6.07, 6.45) is 3.19. The van der Waals surface area contributed by atoms with E-state index >= 15 is 0 Å². The summed E-state index contributed by atoms with van der Waals surface area (Å²) in [6, 6.07) is 6.48. The Morgan fingerprint density at radius 1 is 1.33 bits per heavy atom. The van der Waals surface area contributed by atoms with E-state index in [-0.39, 0.29) is 0 Å². The van der Waals surface area contributed by atoms with Gasteiger partial charge in [0, 0.05) is 6.04 Å². The van der Waals surface area contributed by atoms with Gasteiger partial charge in [-0.1, -0.05) is 23.7 Å². The smallest absolute Gasteiger partial charge is 0.113 e. The van der Waals surface area contributed by atoms with Crippen LogP contribution in [0.3, 0.4) is 0 Å². The van der Waals surface area contributed by atoms with Gasteiger partial charge in [-0.25, -0.2) is 0 Å². The maximum atomic E-state index is 5.86. The van der Waals surface area contributed by atoms with Crippen molar-refractivity contribution in [2.75, 3.05) is 0 Å². The molecule has 0 aromatic heterocycles. The van der Waals surface area contributed by atoms with Gasteiger partial charge in [-0.3, -0.25) is 0 Å². The van der Waals surface area contributed by atoms with Crippen LogP contribution < -0.4 is 11.2 Å². The lowest BCUT2D eigenvalue weighted by Gasteiger charge is -2.21. The monoisotopic (exact) mass is 157 g/mol. The zero-order chi connectivity index (χ0) is 8.55. The summed E-state index contributed by atoms with van der Waals surface area (Å²) in [5.41, 5.74) is 9.48. The largest absolute Gasteiger partial charge is 0.327 e.